The molecule has 1 amide bonds. The van der Waals surface area contributed by atoms with Crippen molar-refractivity contribution in [3.8, 4) is 0 Å². The van der Waals surface area contributed by atoms with Gasteiger partial charge in [-0.1, -0.05) is 0 Å². The van der Waals surface area contributed by atoms with Gasteiger partial charge in [-0.2, -0.15) is 4.39 Å². The summed E-state index contributed by atoms with van der Waals surface area (Å²) >= 11 is 0. The number of nitrogens with one attached hydrogen (secondary N) is 1. The fraction of sp³-hybridized carbons (Fsp3) is 0.417. The van der Waals surface area contributed by atoms with Crippen molar-refractivity contribution in [1.82, 2.24) is 5.32 Å². The van der Waals surface area contributed by atoms with E-state index in [1.165, 1.54) is 0 Å². The van der Waals surface area contributed by atoms with Gasteiger partial charge in [0.05, 0.1) is 22.7 Å². The molecule has 0 saturated carbocycles. The van der Waals surface area contributed by atoms with Crippen LogP contribution in [0, 0.1) is 21.7 Å². The van der Waals surface area contributed by atoms with Crippen molar-refractivity contribution in [3.63, 3.8) is 0 Å². The first-order valence-corrected chi connectivity index (χ1v) is 6.02. The number of hydrogen-bond donors (Lipinski definition) is 1. The standard InChI is InChI=1S/C12H12F2N2O4/c13-7-4-9(11(14)10(5-7)16(18)19)12(17)15-6-8-2-1-3-20-8/h4-5,8H,1-3,6H2,(H,15,17). The second-order valence-corrected chi connectivity index (χ2v) is 4.39. The van der Waals surface area contributed by atoms with Gasteiger partial charge in [0, 0.05) is 13.2 Å². The monoisotopic (exact) mass is 286 g/mol. The van der Waals surface area contributed by atoms with E-state index in [2.05, 4.69) is 5.32 Å². The molecule has 8 heteroatoms. The normalized spacial score (nSPS) is 18.0. The molecule has 1 aromatic carbocycles. The molecule has 0 radical (unpaired) electrons. The number of carbonyl (C=O) groups excluding carboxylic acids is 1. The molecule has 6 nitrogen and oxygen atoms in total. The number of rotatable bonds is 4. The highest BCUT2D eigenvalue weighted by atomic mass is 19.1. The first-order valence-electron chi connectivity index (χ1n) is 6.02. The van der Waals surface area contributed by atoms with Crippen molar-refractivity contribution in [1.29, 1.82) is 0 Å². The molecule has 1 heterocycles. The van der Waals surface area contributed by atoms with Crippen molar-refractivity contribution in [2.75, 3.05) is 13.2 Å². The number of hydrogen-bond acceptors (Lipinski definition) is 4. The van der Waals surface area contributed by atoms with Crippen LogP contribution in [0.3, 0.4) is 0 Å². The van der Waals surface area contributed by atoms with Gasteiger partial charge in [0.1, 0.15) is 5.82 Å². The number of nitro benzene ring substituents is 1. The first-order chi connectivity index (χ1) is 9.49. The lowest BCUT2D eigenvalue weighted by Gasteiger charge is -2.11. The summed E-state index contributed by atoms with van der Waals surface area (Å²) in [7, 11) is 0. The maximum Gasteiger partial charge on any atom is 0.308 e. The molecule has 1 fully saturated rings. The Morgan fingerprint density at radius 1 is 1.50 bits per heavy atom. The van der Waals surface area contributed by atoms with Crippen LogP contribution >= 0.6 is 0 Å². The van der Waals surface area contributed by atoms with Gasteiger partial charge in [0.25, 0.3) is 5.91 Å². The number of nitrogens with zero attached hydrogens (tertiary/aromatic N) is 1. The molecule has 1 N–H and O–H groups in total. The van der Waals surface area contributed by atoms with Gasteiger partial charge in [-0.3, -0.25) is 14.9 Å². The molecule has 108 valence electrons. The fourth-order valence-electron chi connectivity index (χ4n) is 1.98. The number of nitro groups is 1. The molecule has 20 heavy (non-hydrogen) atoms. The van der Waals surface area contributed by atoms with Crippen LogP contribution in [0.1, 0.15) is 23.2 Å². The molecule has 1 unspecified atom stereocenters. The maximum atomic E-state index is 13.8. The Bertz CT molecular complexity index is 545. The summed E-state index contributed by atoms with van der Waals surface area (Å²) in [5.41, 5.74) is -1.75. The third-order valence-corrected chi connectivity index (χ3v) is 2.97. The Labute approximate surface area is 112 Å². The zero-order valence-corrected chi connectivity index (χ0v) is 10.4. The number of carbonyl (C=O) groups is 1. The van der Waals surface area contributed by atoms with Crippen molar-refractivity contribution < 1.29 is 23.2 Å². The summed E-state index contributed by atoms with van der Waals surface area (Å²) in [5, 5.41) is 12.9. The minimum atomic E-state index is -1.35. The lowest BCUT2D eigenvalue weighted by atomic mass is 10.1. The third kappa shape index (κ3) is 3.08. The van der Waals surface area contributed by atoms with E-state index in [4.69, 9.17) is 4.74 Å². The SMILES string of the molecule is O=C(NCC1CCCO1)c1cc(F)cc([N+](=O)[O-])c1F. The predicted octanol–water partition coefficient (Wildman–Crippen LogP) is 1.78. The Hall–Kier alpha value is -2.09. The second kappa shape index (κ2) is 5.91. The lowest BCUT2D eigenvalue weighted by Crippen LogP contribution is -2.32. The van der Waals surface area contributed by atoms with Crippen molar-refractivity contribution >= 4 is 11.6 Å². The highest BCUT2D eigenvalue weighted by Crippen LogP contribution is 2.22. The number of benzene rings is 1. The molecule has 0 aromatic heterocycles. The van der Waals surface area contributed by atoms with Gasteiger partial charge < -0.3 is 10.1 Å². The van der Waals surface area contributed by atoms with Gasteiger partial charge in [-0.25, -0.2) is 4.39 Å². The van der Waals surface area contributed by atoms with E-state index in [0.29, 0.717) is 18.7 Å². The first kappa shape index (κ1) is 14.3. The van der Waals surface area contributed by atoms with Crippen LogP contribution in [0.15, 0.2) is 12.1 Å². The molecular weight excluding hydrogens is 274 g/mol. The number of amides is 1. The molecule has 2 rings (SSSR count). The minimum absolute atomic E-state index is 0.155. The van der Waals surface area contributed by atoms with Gasteiger partial charge in [-0.15, -0.1) is 0 Å². The Balaban J connectivity index is 2.14. The van der Waals surface area contributed by atoms with E-state index in [-0.39, 0.29) is 12.6 Å². The van der Waals surface area contributed by atoms with Crippen molar-refractivity contribution in [2.45, 2.75) is 18.9 Å². The summed E-state index contributed by atoms with van der Waals surface area (Å²) in [6.45, 7) is 0.753. The second-order valence-electron chi connectivity index (χ2n) is 4.39. The summed E-state index contributed by atoms with van der Waals surface area (Å²) in [6.07, 6.45) is 1.48. The van der Waals surface area contributed by atoms with E-state index in [9.17, 15) is 23.7 Å². The zero-order valence-electron chi connectivity index (χ0n) is 10.4. The maximum absolute atomic E-state index is 13.8. The molecule has 1 saturated heterocycles. The van der Waals surface area contributed by atoms with Crippen LogP contribution in [-0.2, 0) is 4.74 Å². The molecule has 0 aliphatic carbocycles. The molecular formula is C12H12F2N2O4. The molecule has 1 atom stereocenters. The molecule has 1 aliphatic rings. The molecule has 1 aromatic rings. The molecule has 0 bridgehead atoms. The van der Waals surface area contributed by atoms with E-state index in [1.54, 1.807) is 0 Å². The quantitative estimate of drug-likeness (QED) is 0.675. The average molecular weight is 286 g/mol. The summed E-state index contributed by atoms with van der Waals surface area (Å²) < 4.78 is 32.2. The van der Waals surface area contributed by atoms with E-state index >= 15 is 0 Å². The summed E-state index contributed by atoms with van der Waals surface area (Å²) in [6, 6.07) is 1.07. The number of halogens is 2. The molecule has 1 aliphatic heterocycles. The Kier molecular flexibility index (Phi) is 4.23. The van der Waals surface area contributed by atoms with Gasteiger partial charge >= 0.3 is 5.69 Å². The zero-order chi connectivity index (χ0) is 14.7. The minimum Gasteiger partial charge on any atom is -0.376 e. The van der Waals surface area contributed by atoms with Gasteiger partial charge in [0.2, 0.25) is 5.82 Å². The van der Waals surface area contributed by atoms with Crippen molar-refractivity contribution in [2.24, 2.45) is 0 Å². The summed E-state index contributed by atoms with van der Waals surface area (Å²) in [4.78, 5) is 21.2. The largest absolute Gasteiger partial charge is 0.376 e. The third-order valence-electron chi connectivity index (χ3n) is 2.97. The van der Waals surface area contributed by atoms with Crippen LogP contribution < -0.4 is 5.32 Å². The highest BCUT2D eigenvalue weighted by Gasteiger charge is 2.25. The summed E-state index contributed by atoms with van der Waals surface area (Å²) in [5.74, 6) is -3.29. The van der Waals surface area contributed by atoms with Crippen LogP contribution in [0.5, 0.6) is 0 Å². The Morgan fingerprint density at radius 2 is 2.25 bits per heavy atom. The van der Waals surface area contributed by atoms with Crippen LogP contribution in [0.25, 0.3) is 0 Å². The smallest absolute Gasteiger partial charge is 0.308 e. The highest BCUT2D eigenvalue weighted by molar-refractivity contribution is 5.95. The van der Waals surface area contributed by atoms with Crippen LogP contribution in [-0.4, -0.2) is 30.1 Å². The molecule has 0 spiro atoms. The van der Waals surface area contributed by atoms with E-state index < -0.39 is 33.7 Å². The van der Waals surface area contributed by atoms with Crippen LogP contribution in [0.2, 0.25) is 0 Å². The van der Waals surface area contributed by atoms with Crippen LogP contribution in [0.4, 0.5) is 14.5 Å². The predicted molar refractivity (Wildman–Crippen MR) is 64.3 cm³/mol. The topological polar surface area (TPSA) is 81.5 Å². The number of ether oxygens (including phenoxy) is 1. The fourth-order valence-corrected chi connectivity index (χ4v) is 1.98. The average Bonchev–Trinajstić information content (AvgIpc) is 2.91. The van der Waals surface area contributed by atoms with Crippen molar-refractivity contribution in [3.05, 3.63) is 39.4 Å². The lowest BCUT2D eigenvalue weighted by molar-refractivity contribution is -0.387. The van der Waals surface area contributed by atoms with Gasteiger partial charge in [0.15, 0.2) is 0 Å². The van der Waals surface area contributed by atoms with E-state index in [0.717, 1.165) is 12.8 Å². The van der Waals surface area contributed by atoms with Gasteiger partial charge in [-0.05, 0) is 18.9 Å². The Morgan fingerprint density at radius 3 is 2.85 bits per heavy atom. The van der Waals surface area contributed by atoms with E-state index in [1.807, 2.05) is 0 Å².